The van der Waals surface area contributed by atoms with Crippen molar-refractivity contribution in [3.8, 4) is 11.8 Å². The summed E-state index contributed by atoms with van der Waals surface area (Å²) in [5, 5.41) is 13.6. The van der Waals surface area contributed by atoms with Gasteiger partial charge in [0, 0.05) is 0 Å². The van der Waals surface area contributed by atoms with Crippen LogP contribution in [0, 0.1) is 11.8 Å². The average Bonchev–Trinajstić information content (AvgIpc) is 2.17. The number of carbonyl (C=O) groups excluding carboxylic acids is 1. The van der Waals surface area contributed by atoms with Crippen molar-refractivity contribution in [2.75, 3.05) is 6.54 Å². The summed E-state index contributed by atoms with van der Waals surface area (Å²) in [7, 11) is 0. The smallest absolute Gasteiger partial charge is 0.326 e. The molecule has 84 valence electrons. The highest BCUT2D eigenvalue weighted by atomic mass is 16.4. The molecule has 0 heterocycles. The maximum Gasteiger partial charge on any atom is 0.326 e. The predicted molar refractivity (Wildman–Crippen MR) is 56.3 cm³/mol. The summed E-state index contributed by atoms with van der Waals surface area (Å²) in [5.41, 5.74) is 0. The molecule has 0 unspecified atom stereocenters. The van der Waals surface area contributed by atoms with Crippen LogP contribution in [-0.4, -0.2) is 29.7 Å². The Bertz CT molecular complexity index is 278. The molecule has 0 aliphatic carbocycles. The van der Waals surface area contributed by atoms with Gasteiger partial charge in [-0.05, 0) is 13.3 Å². The number of urea groups is 1. The molecule has 0 bridgehead atoms. The molecule has 5 heteroatoms. The second kappa shape index (κ2) is 7.68. The molecule has 0 aromatic carbocycles. The standard InChI is InChI=1S/C10H16N2O3/c1-3-5-7-11-10(15)12-8(6-4-2)9(13)14/h8H,4,6-7H2,1-2H3,(H,13,14)(H2,11,12,15)/t8-/m1/s1. The normalized spacial score (nSPS) is 10.8. The number of carboxylic acids is 1. The van der Waals surface area contributed by atoms with Crippen LogP contribution in [-0.2, 0) is 4.79 Å². The Morgan fingerprint density at radius 2 is 2.13 bits per heavy atom. The molecule has 1 atom stereocenters. The lowest BCUT2D eigenvalue weighted by Crippen LogP contribution is -2.46. The van der Waals surface area contributed by atoms with Gasteiger partial charge in [0.25, 0.3) is 0 Å². The number of hydrogen-bond acceptors (Lipinski definition) is 2. The van der Waals surface area contributed by atoms with Crippen LogP contribution in [0.1, 0.15) is 26.7 Å². The van der Waals surface area contributed by atoms with Crippen LogP contribution >= 0.6 is 0 Å². The Morgan fingerprint density at radius 1 is 1.47 bits per heavy atom. The largest absolute Gasteiger partial charge is 0.480 e. The first-order valence-corrected chi connectivity index (χ1v) is 4.78. The van der Waals surface area contributed by atoms with Crippen molar-refractivity contribution >= 4 is 12.0 Å². The number of rotatable bonds is 5. The van der Waals surface area contributed by atoms with E-state index in [1.54, 1.807) is 6.92 Å². The Balaban J connectivity index is 3.97. The van der Waals surface area contributed by atoms with Gasteiger partial charge in [0.15, 0.2) is 0 Å². The molecule has 2 amide bonds. The molecular formula is C10H16N2O3. The minimum absolute atomic E-state index is 0.223. The monoisotopic (exact) mass is 212 g/mol. The van der Waals surface area contributed by atoms with Gasteiger partial charge in [0.1, 0.15) is 6.04 Å². The molecule has 0 aliphatic heterocycles. The van der Waals surface area contributed by atoms with Crippen LogP contribution in [0.2, 0.25) is 0 Å². The van der Waals surface area contributed by atoms with Crippen molar-refractivity contribution in [1.82, 2.24) is 10.6 Å². The first kappa shape index (κ1) is 13.3. The number of carbonyl (C=O) groups is 2. The van der Waals surface area contributed by atoms with Gasteiger partial charge < -0.3 is 15.7 Å². The van der Waals surface area contributed by atoms with Gasteiger partial charge in [-0.15, -0.1) is 5.92 Å². The van der Waals surface area contributed by atoms with Gasteiger partial charge in [-0.3, -0.25) is 0 Å². The van der Waals surface area contributed by atoms with Gasteiger partial charge in [0.2, 0.25) is 0 Å². The minimum atomic E-state index is -1.02. The molecule has 0 radical (unpaired) electrons. The van der Waals surface area contributed by atoms with E-state index < -0.39 is 18.0 Å². The Kier molecular flexibility index (Phi) is 6.81. The highest BCUT2D eigenvalue weighted by molar-refractivity contribution is 5.82. The van der Waals surface area contributed by atoms with Gasteiger partial charge in [-0.2, -0.15) is 0 Å². The summed E-state index contributed by atoms with van der Waals surface area (Å²) in [4.78, 5) is 21.8. The predicted octanol–water partition coefficient (Wildman–Crippen LogP) is 0.562. The highest BCUT2D eigenvalue weighted by Crippen LogP contribution is 1.96. The van der Waals surface area contributed by atoms with Crippen LogP contribution < -0.4 is 10.6 Å². The van der Waals surface area contributed by atoms with E-state index >= 15 is 0 Å². The lowest BCUT2D eigenvalue weighted by atomic mass is 10.2. The number of nitrogens with one attached hydrogen (secondary N) is 2. The minimum Gasteiger partial charge on any atom is -0.480 e. The average molecular weight is 212 g/mol. The van der Waals surface area contributed by atoms with Crippen molar-refractivity contribution in [2.45, 2.75) is 32.7 Å². The topological polar surface area (TPSA) is 78.4 Å². The molecule has 0 aromatic heterocycles. The molecule has 0 spiro atoms. The molecule has 5 nitrogen and oxygen atoms in total. The summed E-state index contributed by atoms with van der Waals surface area (Å²) in [6.45, 7) is 3.75. The van der Waals surface area contributed by atoms with Crippen molar-refractivity contribution in [2.24, 2.45) is 0 Å². The first-order valence-electron chi connectivity index (χ1n) is 4.78. The van der Waals surface area contributed by atoms with Crippen molar-refractivity contribution < 1.29 is 14.7 Å². The summed E-state index contributed by atoms with van der Waals surface area (Å²) in [6, 6.07) is -1.33. The number of carboxylic acid groups (broad SMARTS) is 1. The van der Waals surface area contributed by atoms with Gasteiger partial charge >= 0.3 is 12.0 Å². The molecule has 0 saturated heterocycles. The molecule has 0 rings (SSSR count). The number of aliphatic carboxylic acids is 1. The van der Waals surface area contributed by atoms with Gasteiger partial charge in [0.05, 0.1) is 6.54 Å². The Morgan fingerprint density at radius 3 is 2.60 bits per heavy atom. The SMILES string of the molecule is CC#CCNC(=O)N[C@H](CCC)C(=O)O. The summed E-state index contributed by atoms with van der Waals surface area (Å²) in [5.74, 6) is 4.24. The van der Waals surface area contributed by atoms with Crippen molar-refractivity contribution in [1.29, 1.82) is 0 Å². The van der Waals surface area contributed by atoms with E-state index in [0.717, 1.165) is 0 Å². The van der Waals surface area contributed by atoms with Crippen molar-refractivity contribution in [3.63, 3.8) is 0 Å². The zero-order valence-electron chi connectivity index (χ0n) is 8.96. The zero-order valence-corrected chi connectivity index (χ0v) is 8.96. The first-order chi connectivity index (χ1) is 7.11. The van der Waals surface area contributed by atoms with Crippen LogP contribution in [0.3, 0.4) is 0 Å². The maximum absolute atomic E-state index is 11.2. The van der Waals surface area contributed by atoms with E-state index in [4.69, 9.17) is 5.11 Å². The van der Waals surface area contributed by atoms with Crippen LogP contribution in [0.5, 0.6) is 0 Å². The lowest BCUT2D eigenvalue weighted by Gasteiger charge is -2.13. The summed E-state index contributed by atoms with van der Waals surface area (Å²) < 4.78 is 0. The van der Waals surface area contributed by atoms with Crippen LogP contribution in [0.25, 0.3) is 0 Å². The molecule has 15 heavy (non-hydrogen) atoms. The fourth-order valence-electron chi connectivity index (χ4n) is 0.968. The molecule has 0 aromatic rings. The molecule has 0 saturated carbocycles. The van der Waals surface area contributed by atoms with E-state index in [2.05, 4.69) is 22.5 Å². The molecule has 3 N–H and O–H groups in total. The van der Waals surface area contributed by atoms with Crippen molar-refractivity contribution in [3.05, 3.63) is 0 Å². The quantitative estimate of drug-likeness (QED) is 0.583. The fourth-order valence-corrected chi connectivity index (χ4v) is 0.968. The van der Waals surface area contributed by atoms with Gasteiger partial charge in [-0.1, -0.05) is 19.3 Å². The van der Waals surface area contributed by atoms with E-state index in [0.29, 0.717) is 12.8 Å². The van der Waals surface area contributed by atoms with Gasteiger partial charge in [-0.25, -0.2) is 9.59 Å². The van der Waals surface area contributed by atoms with Crippen LogP contribution in [0.4, 0.5) is 4.79 Å². The molecule has 0 aliphatic rings. The summed E-state index contributed by atoms with van der Waals surface area (Å²) in [6.07, 6.45) is 1.12. The molecular weight excluding hydrogens is 196 g/mol. The highest BCUT2D eigenvalue weighted by Gasteiger charge is 2.17. The number of amides is 2. The number of hydrogen-bond donors (Lipinski definition) is 3. The Labute approximate surface area is 89.2 Å². The third-order valence-corrected chi connectivity index (χ3v) is 1.69. The fraction of sp³-hybridized carbons (Fsp3) is 0.600. The second-order valence-corrected chi connectivity index (χ2v) is 2.93. The zero-order chi connectivity index (χ0) is 11.7. The Hall–Kier alpha value is -1.70. The van der Waals surface area contributed by atoms with E-state index in [1.807, 2.05) is 6.92 Å². The van der Waals surface area contributed by atoms with Crippen LogP contribution in [0.15, 0.2) is 0 Å². The van der Waals surface area contributed by atoms with E-state index in [-0.39, 0.29) is 6.54 Å². The summed E-state index contributed by atoms with van der Waals surface area (Å²) >= 11 is 0. The maximum atomic E-state index is 11.2. The third kappa shape index (κ3) is 6.38. The van der Waals surface area contributed by atoms with E-state index in [1.165, 1.54) is 0 Å². The molecule has 0 fully saturated rings. The third-order valence-electron chi connectivity index (χ3n) is 1.69. The lowest BCUT2D eigenvalue weighted by molar-refractivity contribution is -0.139. The second-order valence-electron chi connectivity index (χ2n) is 2.93. The van der Waals surface area contributed by atoms with E-state index in [9.17, 15) is 9.59 Å².